The first kappa shape index (κ1) is 29.1. The number of carbonyl (C=O) groups excluding carboxylic acids is 2. The quantitative estimate of drug-likeness (QED) is 0.219. The van der Waals surface area contributed by atoms with Crippen LogP contribution in [-0.4, -0.2) is 110 Å². The van der Waals surface area contributed by atoms with Crippen molar-refractivity contribution in [1.82, 2.24) is 31.5 Å². The third-order valence-corrected chi connectivity index (χ3v) is 11.0. The minimum atomic E-state index is -0.308. The molecule has 0 aromatic carbocycles. The molecule has 38 heavy (non-hydrogen) atoms. The molecule has 12 unspecified atom stereocenters. The van der Waals surface area contributed by atoms with Crippen LogP contribution < -0.4 is 26.6 Å². The summed E-state index contributed by atoms with van der Waals surface area (Å²) in [6.07, 6.45) is 2.05. The van der Waals surface area contributed by atoms with E-state index in [0.29, 0.717) is 45.2 Å². The largest absolute Gasteiger partial charge is 0.380 e. The van der Waals surface area contributed by atoms with Gasteiger partial charge in [-0.05, 0) is 38.0 Å². The number of halogens is 2. The molecule has 5 saturated heterocycles. The van der Waals surface area contributed by atoms with Gasteiger partial charge in [-0.25, -0.2) is 0 Å². The number of fused-ring (bicyclic) bond motifs is 1. The molecule has 2 amide bonds. The average Bonchev–Trinajstić information content (AvgIpc) is 3.47. The molecular weight excluding hydrogens is 551 g/mol. The Morgan fingerprint density at radius 3 is 2.50 bits per heavy atom. The molecular formula is C25H42Cl2N6O4S. The van der Waals surface area contributed by atoms with Crippen molar-refractivity contribution < 1.29 is 19.1 Å². The van der Waals surface area contributed by atoms with E-state index in [1.807, 2.05) is 4.90 Å². The number of rotatable bonds is 6. The van der Waals surface area contributed by atoms with E-state index in [1.54, 1.807) is 26.0 Å². The highest BCUT2D eigenvalue weighted by Gasteiger charge is 2.48. The molecule has 5 aliphatic rings. The zero-order valence-corrected chi connectivity index (χ0v) is 24.7. The van der Waals surface area contributed by atoms with E-state index >= 15 is 0 Å². The first-order valence-electron chi connectivity index (χ1n) is 13.8. The van der Waals surface area contributed by atoms with Gasteiger partial charge in [0.05, 0.1) is 23.4 Å². The van der Waals surface area contributed by atoms with Gasteiger partial charge in [0.2, 0.25) is 11.8 Å². The second-order valence-corrected chi connectivity index (χ2v) is 13.9. The molecule has 13 heteroatoms. The lowest BCUT2D eigenvalue weighted by Crippen LogP contribution is -2.57. The van der Waals surface area contributed by atoms with Crippen LogP contribution in [0, 0.1) is 23.7 Å². The fourth-order valence-electron chi connectivity index (χ4n) is 7.03. The van der Waals surface area contributed by atoms with Crippen molar-refractivity contribution in [3.8, 4) is 0 Å². The summed E-state index contributed by atoms with van der Waals surface area (Å²) in [6.45, 7) is 5.44. The zero-order valence-electron chi connectivity index (χ0n) is 22.3. The Labute approximate surface area is 239 Å². The minimum Gasteiger partial charge on any atom is -0.380 e. The van der Waals surface area contributed by atoms with Crippen LogP contribution in [0.5, 0.6) is 0 Å². The number of likely N-dealkylation sites (tertiary alicyclic amines) is 1. The molecule has 0 saturated carbocycles. The number of thioether (sulfide) groups is 1. The lowest BCUT2D eigenvalue weighted by molar-refractivity contribution is -0.142. The molecule has 0 aromatic rings. The van der Waals surface area contributed by atoms with E-state index in [1.165, 1.54) is 0 Å². The third kappa shape index (κ3) is 6.26. The fourth-order valence-corrected chi connectivity index (χ4v) is 9.01. The molecule has 216 valence electrons. The number of piperidine rings is 3. The summed E-state index contributed by atoms with van der Waals surface area (Å²) in [5.74, 6) is 0.144. The lowest BCUT2D eigenvalue weighted by atomic mass is 9.70. The number of hydrogen-bond donors (Lipinski definition) is 5. The molecule has 0 spiro atoms. The molecule has 0 bridgehead atoms. The van der Waals surface area contributed by atoms with Gasteiger partial charge in [0.1, 0.15) is 11.7 Å². The van der Waals surface area contributed by atoms with E-state index < -0.39 is 0 Å². The molecule has 5 heterocycles. The van der Waals surface area contributed by atoms with Crippen LogP contribution >= 0.6 is 35.0 Å². The Hall–Kier alpha value is -0.370. The number of methoxy groups -OCH3 is 2. The van der Waals surface area contributed by atoms with Gasteiger partial charge in [0.15, 0.2) is 0 Å². The smallest absolute Gasteiger partial charge is 0.229 e. The van der Waals surface area contributed by atoms with Crippen LogP contribution in [0.3, 0.4) is 0 Å². The Morgan fingerprint density at radius 1 is 0.947 bits per heavy atom. The van der Waals surface area contributed by atoms with Crippen molar-refractivity contribution in [2.75, 3.05) is 46.9 Å². The SMILES string of the molecule is COC1CNC(Cl)CC1C1CC(C)NCC1C(=O)NC1NC2CN(C(=O)C3CC(Cl)CNC3OC)CC2S1. The lowest BCUT2D eigenvalue weighted by Gasteiger charge is -2.45. The summed E-state index contributed by atoms with van der Waals surface area (Å²) in [7, 11) is 3.37. The van der Waals surface area contributed by atoms with Crippen molar-refractivity contribution in [1.29, 1.82) is 0 Å². The van der Waals surface area contributed by atoms with Crippen LogP contribution in [0.2, 0.25) is 0 Å². The van der Waals surface area contributed by atoms with Gasteiger partial charge in [-0.2, -0.15) is 0 Å². The molecule has 0 radical (unpaired) electrons. The Bertz CT molecular complexity index is 849. The van der Waals surface area contributed by atoms with Crippen molar-refractivity contribution >= 4 is 46.8 Å². The normalized spacial score (nSPS) is 45.6. The maximum Gasteiger partial charge on any atom is 0.229 e. The van der Waals surface area contributed by atoms with Gasteiger partial charge < -0.3 is 25.0 Å². The predicted molar refractivity (Wildman–Crippen MR) is 149 cm³/mol. The third-order valence-electron chi connectivity index (χ3n) is 9.03. The van der Waals surface area contributed by atoms with Crippen molar-refractivity contribution in [2.45, 2.75) is 72.2 Å². The number of carbonyl (C=O) groups is 2. The van der Waals surface area contributed by atoms with Gasteiger partial charge >= 0.3 is 0 Å². The van der Waals surface area contributed by atoms with Gasteiger partial charge in [-0.3, -0.25) is 25.5 Å². The Morgan fingerprint density at radius 2 is 1.76 bits per heavy atom. The van der Waals surface area contributed by atoms with Crippen molar-refractivity contribution in [3.63, 3.8) is 0 Å². The molecule has 5 aliphatic heterocycles. The standard InChI is InChI=1S/C25H42Cl2N6O4S/c1-12-4-14(15-6-21(27)29-9-19(15)36-2)17(8-28-12)22(34)32-25-31-18-10-33(11-20(18)38-25)24(35)16-5-13(26)7-30-23(16)37-3/h12-21,23,25,28-31H,4-11H2,1-3H3,(H,32,34). The number of amides is 2. The second kappa shape index (κ2) is 12.7. The van der Waals surface area contributed by atoms with E-state index in [-0.39, 0.29) is 75.5 Å². The highest BCUT2D eigenvalue weighted by Crippen LogP contribution is 2.39. The molecule has 5 N–H and O–H groups in total. The molecule has 12 atom stereocenters. The molecule has 5 fully saturated rings. The van der Waals surface area contributed by atoms with Crippen LogP contribution in [0.25, 0.3) is 0 Å². The van der Waals surface area contributed by atoms with Gasteiger partial charge in [-0.15, -0.1) is 35.0 Å². The summed E-state index contributed by atoms with van der Waals surface area (Å²) in [6, 6.07) is 0.483. The predicted octanol–water partition coefficient (Wildman–Crippen LogP) is 0.295. The first-order valence-corrected chi connectivity index (χ1v) is 15.6. The van der Waals surface area contributed by atoms with E-state index in [0.717, 1.165) is 12.8 Å². The van der Waals surface area contributed by atoms with Gasteiger partial charge in [0, 0.05) is 69.7 Å². The zero-order chi connectivity index (χ0) is 27.0. The Balaban J connectivity index is 1.17. The van der Waals surface area contributed by atoms with Crippen LogP contribution in [-0.2, 0) is 19.1 Å². The number of hydrogen-bond acceptors (Lipinski definition) is 9. The minimum absolute atomic E-state index is 0.0450. The second-order valence-electron chi connectivity index (χ2n) is 11.4. The van der Waals surface area contributed by atoms with Crippen molar-refractivity contribution in [3.05, 3.63) is 0 Å². The van der Waals surface area contributed by atoms with Crippen molar-refractivity contribution in [2.24, 2.45) is 23.7 Å². The molecule has 5 rings (SSSR count). The van der Waals surface area contributed by atoms with Gasteiger partial charge in [0.25, 0.3) is 0 Å². The first-order chi connectivity index (χ1) is 18.3. The monoisotopic (exact) mass is 592 g/mol. The maximum absolute atomic E-state index is 13.6. The summed E-state index contributed by atoms with van der Waals surface area (Å²) in [5, 5.41) is 17.0. The van der Waals surface area contributed by atoms with Crippen LogP contribution in [0.15, 0.2) is 0 Å². The number of ether oxygens (including phenoxy) is 2. The van der Waals surface area contributed by atoms with E-state index in [2.05, 4.69) is 33.5 Å². The topological polar surface area (TPSA) is 116 Å². The molecule has 0 aromatic heterocycles. The highest BCUT2D eigenvalue weighted by atomic mass is 35.5. The number of nitrogens with one attached hydrogen (secondary N) is 5. The average molecular weight is 594 g/mol. The molecule has 0 aliphatic carbocycles. The summed E-state index contributed by atoms with van der Waals surface area (Å²) < 4.78 is 11.3. The Kier molecular flexibility index (Phi) is 9.70. The number of alkyl halides is 2. The van der Waals surface area contributed by atoms with Crippen LogP contribution in [0.4, 0.5) is 0 Å². The fraction of sp³-hybridized carbons (Fsp3) is 0.920. The van der Waals surface area contributed by atoms with Crippen LogP contribution in [0.1, 0.15) is 26.2 Å². The maximum atomic E-state index is 13.6. The highest BCUT2D eigenvalue weighted by molar-refractivity contribution is 8.00. The summed E-state index contributed by atoms with van der Waals surface area (Å²) in [4.78, 5) is 28.8. The van der Waals surface area contributed by atoms with E-state index in [9.17, 15) is 9.59 Å². The van der Waals surface area contributed by atoms with Gasteiger partial charge in [-0.1, -0.05) is 0 Å². The molecule has 10 nitrogen and oxygen atoms in total. The summed E-state index contributed by atoms with van der Waals surface area (Å²) >= 11 is 14.5. The van der Waals surface area contributed by atoms with E-state index in [4.69, 9.17) is 32.7 Å². The number of nitrogens with zero attached hydrogens (tertiary/aromatic N) is 1. The summed E-state index contributed by atoms with van der Waals surface area (Å²) in [5.41, 5.74) is -0.270.